The molecule has 3 rings (SSSR count). The lowest BCUT2D eigenvalue weighted by molar-refractivity contribution is -0.143. The van der Waals surface area contributed by atoms with Crippen molar-refractivity contribution in [2.24, 2.45) is 17.8 Å². The second kappa shape index (κ2) is 5.02. The Morgan fingerprint density at radius 3 is 2.21 bits per heavy atom. The fourth-order valence-electron chi connectivity index (χ4n) is 3.94. The minimum atomic E-state index is -0.768. The monoisotopic (exact) mass is 266 g/mol. The summed E-state index contributed by atoms with van der Waals surface area (Å²) in [5.41, 5.74) is 0. The first-order valence-electron chi connectivity index (χ1n) is 7.42. The average Bonchev–Trinajstić information content (AvgIpc) is 2.98. The second-order valence-corrected chi connectivity index (χ2v) is 6.26. The van der Waals surface area contributed by atoms with E-state index in [-0.39, 0.29) is 11.9 Å². The van der Waals surface area contributed by atoms with Gasteiger partial charge in [-0.25, -0.2) is 4.79 Å². The van der Waals surface area contributed by atoms with Crippen molar-refractivity contribution in [1.29, 1.82) is 0 Å². The molecule has 0 spiro atoms. The number of carboxylic acids is 1. The van der Waals surface area contributed by atoms with Gasteiger partial charge in [-0.1, -0.05) is 6.42 Å². The van der Waals surface area contributed by atoms with Gasteiger partial charge in [0.05, 0.1) is 5.92 Å². The number of piperidine rings is 1. The molecule has 2 aliphatic heterocycles. The molecule has 3 aliphatic rings. The average molecular weight is 266 g/mol. The Morgan fingerprint density at radius 2 is 1.58 bits per heavy atom. The number of likely N-dealkylation sites (tertiary alicyclic amines) is 2. The second-order valence-electron chi connectivity index (χ2n) is 6.26. The van der Waals surface area contributed by atoms with Gasteiger partial charge in [0, 0.05) is 26.2 Å². The van der Waals surface area contributed by atoms with Crippen LogP contribution in [0.4, 0.5) is 4.79 Å². The SMILES string of the molecule is O=C(O)[C@@H]1CCCN(C(=O)N2CC3CCCC3C2)C1. The highest BCUT2D eigenvalue weighted by molar-refractivity contribution is 5.77. The van der Waals surface area contributed by atoms with Gasteiger partial charge < -0.3 is 14.9 Å². The van der Waals surface area contributed by atoms with Gasteiger partial charge in [0.25, 0.3) is 0 Å². The number of aliphatic carboxylic acids is 1. The van der Waals surface area contributed by atoms with Crippen molar-refractivity contribution in [3.63, 3.8) is 0 Å². The van der Waals surface area contributed by atoms with Crippen LogP contribution in [-0.4, -0.2) is 53.1 Å². The van der Waals surface area contributed by atoms with Gasteiger partial charge in [-0.15, -0.1) is 0 Å². The number of hydrogen-bond acceptors (Lipinski definition) is 2. The van der Waals surface area contributed by atoms with E-state index >= 15 is 0 Å². The van der Waals surface area contributed by atoms with E-state index in [1.807, 2.05) is 4.90 Å². The zero-order valence-corrected chi connectivity index (χ0v) is 11.3. The minimum absolute atomic E-state index is 0.0698. The first-order chi connectivity index (χ1) is 9.15. The molecule has 2 unspecified atom stereocenters. The van der Waals surface area contributed by atoms with E-state index in [0.717, 1.165) is 19.5 Å². The fourth-order valence-corrected chi connectivity index (χ4v) is 3.94. The fraction of sp³-hybridized carbons (Fsp3) is 0.857. The van der Waals surface area contributed by atoms with Crippen molar-refractivity contribution in [2.75, 3.05) is 26.2 Å². The molecular weight excluding hydrogens is 244 g/mol. The Morgan fingerprint density at radius 1 is 0.895 bits per heavy atom. The molecule has 19 heavy (non-hydrogen) atoms. The molecule has 0 aromatic rings. The van der Waals surface area contributed by atoms with Crippen LogP contribution in [0.5, 0.6) is 0 Å². The lowest BCUT2D eigenvalue weighted by Crippen LogP contribution is -2.48. The molecule has 0 bridgehead atoms. The van der Waals surface area contributed by atoms with E-state index in [9.17, 15) is 9.59 Å². The molecular formula is C14H22N2O3. The summed E-state index contributed by atoms with van der Waals surface area (Å²) >= 11 is 0. The maximum Gasteiger partial charge on any atom is 0.320 e. The molecule has 5 nitrogen and oxygen atoms in total. The third-order valence-electron chi connectivity index (χ3n) is 5.04. The summed E-state index contributed by atoms with van der Waals surface area (Å²) in [7, 11) is 0. The molecule has 106 valence electrons. The van der Waals surface area contributed by atoms with E-state index in [1.165, 1.54) is 19.3 Å². The van der Waals surface area contributed by atoms with Gasteiger partial charge >= 0.3 is 12.0 Å². The van der Waals surface area contributed by atoms with Crippen LogP contribution in [0.25, 0.3) is 0 Å². The zero-order valence-electron chi connectivity index (χ0n) is 11.3. The molecule has 0 aromatic carbocycles. The smallest absolute Gasteiger partial charge is 0.320 e. The number of carboxylic acid groups (broad SMARTS) is 1. The first kappa shape index (κ1) is 12.8. The van der Waals surface area contributed by atoms with Gasteiger partial charge in [0.1, 0.15) is 0 Å². The van der Waals surface area contributed by atoms with Crippen LogP contribution in [-0.2, 0) is 4.79 Å². The van der Waals surface area contributed by atoms with Gasteiger partial charge in [-0.05, 0) is 37.5 Å². The van der Waals surface area contributed by atoms with Crippen LogP contribution >= 0.6 is 0 Å². The predicted octanol–water partition coefficient (Wildman–Crippen LogP) is 1.63. The van der Waals surface area contributed by atoms with E-state index in [0.29, 0.717) is 31.3 Å². The van der Waals surface area contributed by atoms with Crippen LogP contribution in [0.2, 0.25) is 0 Å². The van der Waals surface area contributed by atoms with Crippen molar-refractivity contribution in [2.45, 2.75) is 32.1 Å². The normalized spacial score (nSPS) is 34.4. The molecule has 1 N–H and O–H groups in total. The highest BCUT2D eigenvalue weighted by Crippen LogP contribution is 2.38. The number of carbonyl (C=O) groups is 2. The number of amides is 2. The molecule has 1 aliphatic carbocycles. The maximum atomic E-state index is 12.5. The highest BCUT2D eigenvalue weighted by Gasteiger charge is 2.40. The van der Waals surface area contributed by atoms with Crippen molar-refractivity contribution in [3.05, 3.63) is 0 Å². The largest absolute Gasteiger partial charge is 0.481 e. The Bertz CT molecular complexity index is 373. The highest BCUT2D eigenvalue weighted by atomic mass is 16.4. The van der Waals surface area contributed by atoms with Crippen LogP contribution in [0, 0.1) is 17.8 Å². The molecule has 0 radical (unpaired) electrons. The van der Waals surface area contributed by atoms with Crippen LogP contribution in [0.1, 0.15) is 32.1 Å². The maximum absolute atomic E-state index is 12.5. The first-order valence-corrected chi connectivity index (χ1v) is 7.42. The number of nitrogens with zero attached hydrogens (tertiary/aromatic N) is 2. The zero-order chi connectivity index (χ0) is 13.4. The predicted molar refractivity (Wildman–Crippen MR) is 69.7 cm³/mol. The van der Waals surface area contributed by atoms with Gasteiger partial charge in [-0.3, -0.25) is 4.79 Å². The van der Waals surface area contributed by atoms with Crippen molar-refractivity contribution < 1.29 is 14.7 Å². The Labute approximate surface area is 113 Å². The van der Waals surface area contributed by atoms with Gasteiger partial charge in [-0.2, -0.15) is 0 Å². The Balaban J connectivity index is 1.59. The molecule has 3 fully saturated rings. The molecule has 0 aromatic heterocycles. The molecule has 3 atom stereocenters. The summed E-state index contributed by atoms with van der Waals surface area (Å²) in [6.07, 6.45) is 5.33. The number of fused-ring (bicyclic) bond motifs is 1. The van der Waals surface area contributed by atoms with E-state index < -0.39 is 5.97 Å². The minimum Gasteiger partial charge on any atom is -0.481 e. The summed E-state index contributed by atoms with van der Waals surface area (Å²) in [5, 5.41) is 9.08. The number of hydrogen-bond donors (Lipinski definition) is 1. The summed E-state index contributed by atoms with van der Waals surface area (Å²) in [6, 6.07) is 0.0698. The Kier molecular flexibility index (Phi) is 3.37. The van der Waals surface area contributed by atoms with Crippen molar-refractivity contribution in [1.82, 2.24) is 9.80 Å². The number of carbonyl (C=O) groups excluding carboxylic acids is 1. The lowest BCUT2D eigenvalue weighted by atomic mass is 9.99. The quantitative estimate of drug-likeness (QED) is 0.784. The van der Waals surface area contributed by atoms with Gasteiger partial charge in [0.15, 0.2) is 0 Å². The van der Waals surface area contributed by atoms with Crippen molar-refractivity contribution in [3.8, 4) is 0 Å². The summed E-state index contributed by atoms with van der Waals surface area (Å²) in [6.45, 7) is 2.88. The molecule has 2 heterocycles. The van der Waals surface area contributed by atoms with Crippen LogP contribution < -0.4 is 0 Å². The summed E-state index contributed by atoms with van der Waals surface area (Å²) < 4.78 is 0. The molecule has 1 saturated carbocycles. The molecule has 2 amide bonds. The van der Waals surface area contributed by atoms with E-state index in [2.05, 4.69) is 0 Å². The standard InChI is InChI=1S/C14H22N2O3/c17-13(18)12-5-2-6-15(9-12)14(19)16-7-10-3-1-4-11(10)8-16/h10-12H,1-9H2,(H,17,18)/t10?,11?,12-/m1/s1. The van der Waals surface area contributed by atoms with Crippen LogP contribution in [0.3, 0.4) is 0 Å². The molecule has 5 heteroatoms. The van der Waals surface area contributed by atoms with Crippen molar-refractivity contribution >= 4 is 12.0 Å². The number of rotatable bonds is 1. The third-order valence-corrected chi connectivity index (χ3v) is 5.04. The van der Waals surface area contributed by atoms with Crippen LogP contribution in [0.15, 0.2) is 0 Å². The van der Waals surface area contributed by atoms with E-state index in [1.54, 1.807) is 4.90 Å². The topological polar surface area (TPSA) is 60.9 Å². The molecule has 2 saturated heterocycles. The Hall–Kier alpha value is -1.26. The van der Waals surface area contributed by atoms with E-state index in [4.69, 9.17) is 5.11 Å². The summed E-state index contributed by atoms with van der Waals surface area (Å²) in [4.78, 5) is 27.2. The lowest BCUT2D eigenvalue weighted by Gasteiger charge is -2.34. The number of urea groups is 1. The van der Waals surface area contributed by atoms with Gasteiger partial charge in [0.2, 0.25) is 0 Å². The third kappa shape index (κ3) is 2.42. The summed E-state index contributed by atoms with van der Waals surface area (Å²) in [5.74, 6) is 0.253.